The van der Waals surface area contributed by atoms with Gasteiger partial charge in [0.15, 0.2) is 0 Å². The first-order valence-corrected chi connectivity index (χ1v) is 7.77. The van der Waals surface area contributed by atoms with Gasteiger partial charge in [-0.15, -0.1) is 0 Å². The van der Waals surface area contributed by atoms with Crippen molar-refractivity contribution in [2.75, 3.05) is 25.5 Å². The summed E-state index contributed by atoms with van der Waals surface area (Å²) in [5.74, 6) is 1.16. The molecule has 1 aliphatic rings. The average molecular weight is 315 g/mol. The van der Waals surface area contributed by atoms with Crippen molar-refractivity contribution in [3.63, 3.8) is 0 Å². The molecule has 0 spiro atoms. The summed E-state index contributed by atoms with van der Waals surface area (Å²) in [6.07, 6.45) is 2.15. The molecule has 1 aromatic carbocycles. The fourth-order valence-electron chi connectivity index (χ4n) is 3.00. The Kier molecular flexibility index (Phi) is 4.62. The molecular weight excluding hydrogens is 294 g/mol. The minimum Gasteiger partial charge on any atom is -0.497 e. The molecule has 1 aromatic heterocycles. The molecule has 2 aromatic rings. The van der Waals surface area contributed by atoms with E-state index in [-0.39, 0.29) is 11.9 Å². The Balaban J connectivity index is 1.62. The van der Waals surface area contributed by atoms with Crippen molar-refractivity contribution in [3.8, 4) is 5.75 Å². The first-order valence-electron chi connectivity index (χ1n) is 7.77. The van der Waals surface area contributed by atoms with Gasteiger partial charge in [0.2, 0.25) is 11.8 Å². The Hall–Kier alpha value is -2.34. The normalized spacial score (nSPS) is 18.1. The molecule has 0 saturated carbocycles. The maximum atomic E-state index is 12.2. The predicted molar refractivity (Wildman–Crippen MR) is 86.4 cm³/mol. The summed E-state index contributed by atoms with van der Waals surface area (Å²) in [6.45, 7) is 3.08. The molecule has 1 atom stereocenters. The summed E-state index contributed by atoms with van der Waals surface area (Å²) in [5, 5.41) is 6.52. The molecule has 122 valence electrons. The lowest BCUT2D eigenvalue weighted by atomic mass is 10.0. The second-order valence-electron chi connectivity index (χ2n) is 5.78. The van der Waals surface area contributed by atoms with Gasteiger partial charge in [-0.3, -0.25) is 15.0 Å². The first-order chi connectivity index (χ1) is 11.2. The van der Waals surface area contributed by atoms with E-state index in [9.17, 15) is 4.79 Å². The van der Waals surface area contributed by atoms with Gasteiger partial charge in [-0.2, -0.15) is 0 Å². The quantitative estimate of drug-likeness (QED) is 0.919. The summed E-state index contributed by atoms with van der Waals surface area (Å²) in [5.41, 5.74) is 1.96. The molecule has 0 aliphatic carbocycles. The molecule has 23 heavy (non-hydrogen) atoms. The fraction of sp³-hybridized carbons (Fsp3) is 0.412. The van der Waals surface area contributed by atoms with Crippen LogP contribution in [0.1, 0.15) is 30.1 Å². The van der Waals surface area contributed by atoms with Gasteiger partial charge in [-0.05, 0) is 44.0 Å². The van der Waals surface area contributed by atoms with Crippen molar-refractivity contribution in [3.05, 3.63) is 41.6 Å². The van der Waals surface area contributed by atoms with Crippen LogP contribution in [0.2, 0.25) is 0 Å². The van der Waals surface area contributed by atoms with Crippen LogP contribution < -0.4 is 10.1 Å². The largest absolute Gasteiger partial charge is 0.497 e. The number of aryl methyl sites for hydroxylation is 1. The number of anilines is 1. The predicted octanol–water partition coefficient (Wildman–Crippen LogP) is 2.77. The van der Waals surface area contributed by atoms with E-state index in [0.29, 0.717) is 12.4 Å². The van der Waals surface area contributed by atoms with E-state index in [0.717, 1.165) is 30.8 Å². The smallest absolute Gasteiger partial charge is 0.240 e. The van der Waals surface area contributed by atoms with Crippen LogP contribution in [0.25, 0.3) is 0 Å². The van der Waals surface area contributed by atoms with Crippen molar-refractivity contribution in [2.24, 2.45) is 0 Å². The van der Waals surface area contributed by atoms with Crippen LogP contribution in [0.4, 0.5) is 5.88 Å². The number of hydrogen-bond donors (Lipinski definition) is 1. The summed E-state index contributed by atoms with van der Waals surface area (Å²) in [4.78, 5) is 14.4. The van der Waals surface area contributed by atoms with Gasteiger partial charge >= 0.3 is 0 Å². The van der Waals surface area contributed by atoms with Gasteiger partial charge in [0.1, 0.15) is 5.75 Å². The van der Waals surface area contributed by atoms with Crippen molar-refractivity contribution in [1.29, 1.82) is 0 Å². The Labute approximate surface area is 135 Å². The third-order valence-corrected chi connectivity index (χ3v) is 4.10. The minimum atomic E-state index is -0.0819. The third-order valence-electron chi connectivity index (χ3n) is 4.10. The summed E-state index contributed by atoms with van der Waals surface area (Å²) >= 11 is 0. The topological polar surface area (TPSA) is 67.6 Å². The number of benzene rings is 1. The first kappa shape index (κ1) is 15.6. The van der Waals surface area contributed by atoms with Gasteiger partial charge in [0.25, 0.3) is 0 Å². The number of methoxy groups -OCH3 is 1. The maximum Gasteiger partial charge on any atom is 0.240 e. The van der Waals surface area contributed by atoms with Crippen molar-refractivity contribution in [2.45, 2.75) is 25.8 Å². The van der Waals surface area contributed by atoms with E-state index >= 15 is 0 Å². The average Bonchev–Trinajstić information content (AvgIpc) is 3.16. The second-order valence-corrected chi connectivity index (χ2v) is 5.78. The number of nitrogens with zero attached hydrogens (tertiary/aromatic N) is 2. The number of aromatic nitrogens is 1. The van der Waals surface area contributed by atoms with Crippen molar-refractivity contribution >= 4 is 11.8 Å². The van der Waals surface area contributed by atoms with E-state index < -0.39 is 0 Å². The number of carbonyl (C=O) groups excluding carboxylic acids is 1. The number of carbonyl (C=O) groups is 1. The lowest BCUT2D eigenvalue weighted by Crippen LogP contribution is -2.32. The molecule has 0 unspecified atom stereocenters. The second kappa shape index (κ2) is 6.83. The van der Waals surface area contributed by atoms with E-state index in [1.165, 1.54) is 5.56 Å². The van der Waals surface area contributed by atoms with Gasteiger partial charge in [-0.1, -0.05) is 17.3 Å². The molecule has 1 fully saturated rings. The van der Waals surface area contributed by atoms with E-state index in [4.69, 9.17) is 9.26 Å². The number of hydrogen-bond acceptors (Lipinski definition) is 5. The van der Waals surface area contributed by atoms with E-state index in [1.54, 1.807) is 13.2 Å². The van der Waals surface area contributed by atoms with Crippen LogP contribution in [-0.4, -0.2) is 36.2 Å². The molecule has 1 N–H and O–H groups in total. The van der Waals surface area contributed by atoms with Crippen LogP contribution in [0, 0.1) is 6.92 Å². The highest BCUT2D eigenvalue weighted by Crippen LogP contribution is 2.32. The SMILES string of the molecule is COc1ccc([C@H]2CCCN2CC(=O)Nc2cc(C)no2)cc1. The van der Waals surface area contributed by atoms with E-state index in [1.807, 2.05) is 19.1 Å². The molecular formula is C17H21N3O3. The minimum absolute atomic E-state index is 0.0819. The van der Waals surface area contributed by atoms with E-state index in [2.05, 4.69) is 27.5 Å². The van der Waals surface area contributed by atoms with Crippen molar-refractivity contribution in [1.82, 2.24) is 10.1 Å². The zero-order chi connectivity index (χ0) is 16.2. The van der Waals surface area contributed by atoms with Gasteiger partial charge in [0.05, 0.1) is 19.3 Å². The fourth-order valence-corrected chi connectivity index (χ4v) is 3.00. The molecule has 6 nitrogen and oxygen atoms in total. The highest BCUT2D eigenvalue weighted by Gasteiger charge is 2.27. The summed E-state index contributed by atoms with van der Waals surface area (Å²) in [6, 6.07) is 10.0. The van der Waals surface area contributed by atoms with Gasteiger partial charge in [-0.25, -0.2) is 0 Å². The number of nitrogens with one attached hydrogen (secondary N) is 1. The van der Waals surface area contributed by atoms with Crippen LogP contribution in [0.15, 0.2) is 34.9 Å². The molecule has 2 heterocycles. The van der Waals surface area contributed by atoms with Crippen LogP contribution in [-0.2, 0) is 4.79 Å². The monoisotopic (exact) mass is 315 g/mol. The Morgan fingerprint density at radius 1 is 1.43 bits per heavy atom. The van der Waals surface area contributed by atoms with Crippen LogP contribution >= 0.6 is 0 Å². The molecule has 1 saturated heterocycles. The van der Waals surface area contributed by atoms with Crippen molar-refractivity contribution < 1.29 is 14.1 Å². The summed E-state index contributed by atoms with van der Waals surface area (Å²) in [7, 11) is 1.66. The Bertz CT molecular complexity index is 666. The third kappa shape index (κ3) is 3.71. The molecule has 3 rings (SSSR count). The lowest BCUT2D eigenvalue weighted by Gasteiger charge is -2.24. The Morgan fingerprint density at radius 3 is 2.87 bits per heavy atom. The lowest BCUT2D eigenvalue weighted by molar-refractivity contribution is -0.117. The maximum absolute atomic E-state index is 12.2. The summed E-state index contributed by atoms with van der Waals surface area (Å²) < 4.78 is 10.2. The zero-order valence-electron chi connectivity index (χ0n) is 13.4. The number of ether oxygens (including phenoxy) is 1. The standard InChI is InChI=1S/C17H21N3O3/c1-12-10-17(23-19-12)18-16(21)11-20-9-3-4-15(20)13-5-7-14(22-2)8-6-13/h5-8,10,15H,3-4,9,11H2,1-2H3,(H,18,21)/t15-/m1/s1. The molecule has 0 bridgehead atoms. The number of rotatable bonds is 5. The molecule has 0 radical (unpaired) electrons. The Morgan fingerprint density at radius 2 is 2.22 bits per heavy atom. The highest BCUT2D eigenvalue weighted by atomic mass is 16.5. The van der Waals surface area contributed by atoms with Gasteiger partial charge < -0.3 is 9.26 Å². The zero-order valence-corrected chi connectivity index (χ0v) is 13.4. The molecule has 6 heteroatoms. The molecule has 1 amide bonds. The molecule has 1 aliphatic heterocycles. The van der Waals surface area contributed by atoms with Gasteiger partial charge in [0, 0.05) is 12.1 Å². The van der Waals surface area contributed by atoms with Crippen LogP contribution in [0.5, 0.6) is 5.75 Å². The van der Waals surface area contributed by atoms with Crippen LogP contribution in [0.3, 0.4) is 0 Å². The number of likely N-dealkylation sites (tertiary alicyclic amines) is 1. The highest BCUT2D eigenvalue weighted by molar-refractivity contribution is 5.91. The number of amides is 1.